The molecule has 40 heavy (non-hydrogen) atoms. The Kier molecular flexibility index (Phi) is 8.54. The van der Waals surface area contributed by atoms with Crippen LogP contribution in [-0.4, -0.2) is 87.7 Å². The summed E-state index contributed by atoms with van der Waals surface area (Å²) in [6.45, 7) is -0.0866. The second-order valence-corrected chi connectivity index (χ2v) is 10.8. The Morgan fingerprint density at radius 3 is 2.48 bits per heavy atom. The summed E-state index contributed by atoms with van der Waals surface area (Å²) >= 11 is 3.19. The molecule has 3 heterocycles. The molecule has 3 N–H and O–H groups in total. The number of piperidine rings is 2. The van der Waals surface area contributed by atoms with Crippen molar-refractivity contribution in [3.63, 3.8) is 0 Å². The van der Waals surface area contributed by atoms with Crippen LogP contribution in [0.5, 0.6) is 0 Å². The van der Waals surface area contributed by atoms with Crippen LogP contribution in [-0.2, 0) is 0 Å². The van der Waals surface area contributed by atoms with E-state index in [0.717, 1.165) is 4.90 Å². The van der Waals surface area contributed by atoms with Gasteiger partial charge in [-0.05, 0) is 25.0 Å². The average Bonchev–Trinajstić information content (AvgIpc) is 2.93. The van der Waals surface area contributed by atoms with Crippen LogP contribution in [0.4, 0.5) is 30.2 Å². The largest absolute Gasteiger partial charge is 0.417 e. The molecule has 2 aliphatic rings. The molecule has 11 nitrogen and oxygen atoms in total. The van der Waals surface area contributed by atoms with E-state index in [0.29, 0.717) is 30.6 Å². The average molecular weight is 629 g/mol. The van der Waals surface area contributed by atoms with Crippen LogP contribution >= 0.6 is 15.9 Å². The molecular weight excluding hydrogens is 601 g/mol. The van der Waals surface area contributed by atoms with Gasteiger partial charge in [-0.1, -0.05) is 15.9 Å². The van der Waals surface area contributed by atoms with E-state index in [1.807, 2.05) is 0 Å². The summed E-state index contributed by atoms with van der Waals surface area (Å²) in [7, 11) is 1.70. The van der Waals surface area contributed by atoms with Gasteiger partial charge in [-0.15, -0.1) is 0 Å². The van der Waals surface area contributed by atoms with Crippen molar-refractivity contribution in [2.75, 3.05) is 43.9 Å². The third-order valence-corrected chi connectivity index (χ3v) is 7.70. The predicted molar refractivity (Wildman–Crippen MR) is 143 cm³/mol. The highest BCUT2D eigenvalue weighted by molar-refractivity contribution is 9.10. The Bertz CT molecular complexity index is 1300. The SMILES string of the molecule is CNc1cncc(C(=O)N2CCC[C@@H](Nc3c(C(=O)N4CCC(O)(C(F)(F)F)CC4)cc(Br)cc3[N+](=O)[O-])C2)c1. The van der Waals surface area contributed by atoms with Crippen molar-refractivity contribution in [1.82, 2.24) is 14.8 Å². The topological polar surface area (TPSA) is 141 Å². The third-order valence-electron chi connectivity index (χ3n) is 7.25. The summed E-state index contributed by atoms with van der Waals surface area (Å²) in [6.07, 6.45) is -2.06. The number of likely N-dealkylation sites (tertiary alicyclic amines) is 2. The van der Waals surface area contributed by atoms with Crippen molar-refractivity contribution < 1.29 is 32.8 Å². The maximum absolute atomic E-state index is 13.5. The lowest BCUT2D eigenvalue weighted by atomic mass is 9.90. The standard InChI is InChI=1S/C25H28BrF3N6O5/c1-30-18-9-15(12-31-13-18)22(36)34-6-2-3-17(14-34)32-21-19(10-16(26)11-20(21)35(39)40)23(37)33-7-4-24(38,5-8-33)25(27,28)29/h9-13,17,30,32,38H,2-8,14H2,1H3/t17-/m1/s1. The van der Waals surface area contributed by atoms with Crippen LogP contribution in [0.1, 0.15) is 46.4 Å². The van der Waals surface area contributed by atoms with Crippen molar-refractivity contribution in [2.45, 2.75) is 43.5 Å². The van der Waals surface area contributed by atoms with Crippen molar-refractivity contribution >= 4 is 44.8 Å². The maximum atomic E-state index is 13.5. The van der Waals surface area contributed by atoms with Gasteiger partial charge in [0.05, 0.1) is 21.7 Å². The zero-order valence-corrected chi connectivity index (χ0v) is 23.1. The van der Waals surface area contributed by atoms with Crippen LogP contribution < -0.4 is 10.6 Å². The predicted octanol–water partition coefficient (Wildman–Crippen LogP) is 4.04. The van der Waals surface area contributed by atoms with Gasteiger partial charge in [0, 0.05) is 75.0 Å². The molecule has 2 amide bonds. The number of carbonyl (C=O) groups is 2. The van der Waals surface area contributed by atoms with Crippen LogP contribution in [0.3, 0.4) is 0 Å². The molecule has 2 saturated heterocycles. The van der Waals surface area contributed by atoms with Crippen molar-refractivity contribution in [3.05, 3.63) is 56.3 Å². The van der Waals surface area contributed by atoms with Crippen LogP contribution in [0.25, 0.3) is 0 Å². The fraction of sp³-hybridized carbons (Fsp3) is 0.480. The third kappa shape index (κ3) is 6.14. The number of hydrogen-bond donors (Lipinski definition) is 3. The van der Waals surface area contributed by atoms with Crippen molar-refractivity contribution in [2.24, 2.45) is 0 Å². The van der Waals surface area contributed by atoms with Gasteiger partial charge in [-0.3, -0.25) is 24.7 Å². The number of rotatable bonds is 6. The summed E-state index contributed by atoms with van der Waals surface area (Å²) in [5.41, 5.74) is -2.41. The minimum Gasteiger partial charge on any atom is -0.387 e. The lowest BCUT2D eigenvalue weighted by Gasteiger charge is -2.39. The molecule has 2 aliphatic heterocycles. The van der Waals surface area contributed by atoms with Crippen molar-refractivity contribution in [1.29, 1.82) is 0 Å². The van der Waals surface area contributed by atoms with E-state index in [1.165, 1.54) is 18.3 Å². The molecule has 2 fully saturated rings. The van der Waals surface area contributed by atoms with Gasteiger partial charge in [-0.25, -0.2) is 0 Å². The Morgan fingerprint density at radius 1 is 1.15 bits per heavy atom. The lowest BCUT2D eigenvalue weighted by Crippen LogP contribution is -2.54. The highest BCUT2D eigenvalue weighted by atomic mass is 79.9. The summed E-state index contributed by atoms with van der Waals surface area (Å²) in [5, 5.41) is 28.0. The lowest BCUT2D eigenvalue weighted by molar-refractivity contribution is -0.384. The van der Waals surface area contributed by atoms with E-state index in [9.17, 15) is 38.0 Å². The first-order valence-corrected chi connectivity index (χ1v) is 13.4. The molecular formula is C25H28BrF3N6O5. The fourth-order valence-corrected chi connectivity index (χ4v) is 5.40. The zero-order chi connectivity index (χ0) is 29.2. The number of anilines is 2. The summed E-state index contributed by atoms with van der Waals surface area (Å²) < 4.78 is 40.0. The number of amides is 2. The molecule has 0 spiro atoms. The molecule has 0 saturated carbocycles. The van der Waals surface area contributed by atoms with Gasteiger partial charge >= 0.3 is 6.18 Å². The summed E-state index contributed by atoms with van der Waals surface area (Å²) in [4.78, 5) is 44.8. The number of nitrogens with zero attached hydrogens (tertiary/aromatic N) is 4. The van der Waals surface area contributed by atoms with Gasteiger partial charge in [0.25, 0.3) is 17.5 Å². The molecule has 1 aromatic heterocycles. The Balaban J connectivity index is 1.57. The van der Waals surface area contributed by atoms with Crippen molar-refractivity contribution in [3.8, 4) is 0 Å². The molecule has 0 aliphatic carbocycles. The van der Waals surface area contributed by atoms with E-state index >= 15 is 0 Å². The van der Waals surface area contributed by atoms with Crippen LogP contribution in [0.15, 0.2) is 35.1 Å². The number of nitro groups is 1. The molecule has 0 bridgehead atoms. The molecule has 0 unspecified atom stereocenters. The van der Waals surface area contributed by atoms with Gasteiger partial charge in [0.2, 0.25) is 0 Å². The van der Waals surface area contributed by atoms with Crippen LogP contribution in [0.2, 0.25) is 0 Å². The highest BCUT2D eigenvalue weighted by Gasteiger charge is 2.55. The molecule has 216 valence electrons. The minimum absolute atomic E-state index is 0.0759. The Labute approximate surface area is 236 Å². The Hall–Kier alpha value is -3.46. The van der Waals surface area contributed by atoms with Gasteiger partial charge in [0.15, 0.2) is 5.60 Å². The zero-order valence-electron chi connectivity index (χ0n) is 21.5. The second-order valence-electron chi connectivity index (χ2n) is 9.87. The van der Waals surface area contributed by atoms with E-state index in [1.54, 1.807) is 24.2 Å². The number of nitro benzene ring substituents is 1. The number of halogens is 4. The molecule has 1 aromatic carbocycles. The van der Waals surface area contributed by atoms with Gasteiger partial charge in [0.1, 0.15) is 5.69 Å². The number of hydrogen-bond acceptors (Lipinski definition) is 8. The first kappa shape index (κ1) is 29.5. The molecule has 2 aromatic rings. The number of aromatic nitrogens is 1. The monoisotopic (exact) mass is 628 g/mol. The summed E-state index contributed by atoms with van der Waals surface area (Å²) in [5.74, 6) is -0.960. The smallest absolute Gasteiger partial charge is 0.387 e. The number of aliphatic hydroxyl groups is 1. The first-order valence-electron chi connectivity index (χ1n) is 12.6. The molecule has 0 radical (unpaired) electrons. The quantitative estimate of drug-likeness (QED) is 0.322. The van der Waals surface area contributed by atoms with E-state index < -0.39 is 47.2 Å². The van der Waals surface area contributed by atoms with Gasteiger partial charge < -0.3 is 25.5 Å². The van der Waals surface area contributed by atoms with Gasteiger partial charge in [-0.2, -0.15) is 13.2 Å². The first-order chi connectivity index (χ1) is 18.8. The minimum atomic E-state index is -4.84. The number of pyridine rings is 1. The number of benzene rings is 1. The van der Waals surface area contributed by atoms with E-state index in [-0.39, 0.29) is 41.3 Å². The molecule has 4 rings (SSSR count). The molecule has 15 heteroatoms. The maximum Gasteiger partial charge on any atom is 0.417 e. The van der Waals surface area contributed by atoms with E-state index in [2.05, 4.69) is 31.5 Å². The number of nitrogens with one attached hydrogen (secondary N) is 2. The van der Waals surface area contributed by atoms with E-state index in [4.69, 9.17) is 0 Å². The second kappa shape index (κ2) is 11.6. The molecule has 1 atom stereocenters. The Morgan fingerprint density at radius 2 is 1.85 bits per heavy atom. The van der Waals surface area contributed by atoms with Crippen LogP contribution in [0, 0.1) is 10.1 Å². The number of alkyl halides is 3. The fourth-order valence-electron chi connectivity index (χ4n) is 4.95. The normalized spacial score (nSPS) is 19.2. The summed E-state index contributed by atoms with van der Waals surface area (Å²) in [6, 6.07) is 3.84. The number of carbonyl (C=O) groups excluding carboxylic acids is 2. The highest BCUT2D eigenvalue weighted by Crippen LogP contribution is 2.40.